The van der Waals surface area contributed by atoms with Gasteiger partial charge in [-0.1, -0.05) is 33.6 Å². The third-order valence-electron chi connectivity index (χ3n) is 4.09. The van der Waals surface area contributed by atoms with Crippen LogP contribution in [0.5, 0.6) is 0 Å². The third-order valence-corrected chi connectivity index (χ3v) is 4.90. The molecule has 0 unspecified atom stereocenters. The topological polar surface area (TPSA) is 41.1 Å². The molecule has 0 saturated heterocycles. The van der Waals surface area contributed by atoms with Gasteiger partial charge in [-0.3, -0.25) is 4.90 Å². The van der Waals surface area contributed by atoms with Crippen molar-refractivity contribution in [3.05, 3.63) is 17.3 Å². The number of hydrogen-bond acceptors (Lipinski definition) is 5. The molecule has 2 rings (SSSR count). The van der Waals surface area contributed by atoms with Gasteiger partial charge >= 0.3 is 0 Å². The standard InChI is InChI=1S/C16H26N4S/c1-5-12(6-2)10-20(7-3)11-14-18-15(17-4)13-8-9-21-16(13)19-14/h8-9,12H,5-7,10-11H2,1-4H3,(H,17,18,19). The first-order valence-corrected chi connectivity index (χ1v) is 8.73. The van der Waals surface area contributed by atoms with E-state index in [1.807, 2.05) is 7.05 Å². The Bertz CT molecular complexity index is 562. The zero-order valence-electron chi connectivity index (χ0n) is 13.5. The monoisotopic (exact) mass is 306 g/mol. The Morgan fingerprint density at radius 1 is 1.24 bits per heavy atom. The Labute approximate surface area is 131 Å². The zero-order chi connectivity index (χ0) is 15.2. The minimum atomic E-state index is 0.763. The van der Waals surface area contributed by atoms with Crippen LogP contribution in [-0.4, -0.2) is 35.0 Å². The molecule has 0 saturated carbocycles. The van der Waals surface area contributed by atoms with E-state index >= 15 is 0 Å². The smallest absolute Gasteiger partial charge is 0.146 e. The van der Waals surface area contributed by atoms with Crippen molar-refractivity contribution in [1.29, 1.82) is 0 Å². The number of fused-ring (bicyclic) bond motifs is 1. The van der Waals surface area contributed by atoms with E-state index in [9.17, 15) is 0 Å². The Kier molecular flexibility index (Phi) is 5.94. The molecule has 116 valence electrons. The Hall–Kier alpha value is -1.20. The van der Waals surface area contributed by atoms with E-state index < -0.39 is 0 Å². The van der Waals surface area contributed by atoms with Crippen molar-refractivity contribution in [2.45, 2.75) is 40.2 Å². The van der Waals surface area contributed by atoms with E-state index in [0.29, 0.717) is 0 Å². The summed E-state index contributed by atoms with van der Waals surface area (Å²) in [5.74, 6) is 2.62. The number of nitrogens with one attached hydrogen (secondary N) is 1. The van der Waals surface area contributed by atoms with Gasteiger partial charge < -0.3 is 5.32 Å². The summed E-state index contributed by atoms with van der Waals surface area (Å²) >= 11 is 1.68. The van der Waals surface area contributed by atoms with Gasteiger partial charge in [0.05, 0.1) is 11.9 Å². The molecule has 0 amide bonds. The Morgan fingerprint density at radius 2 is 2.00 bits per heavy atom. The number of nitrogens with zero attached hydrogens (tertiary/aromatic N) is 3. The number of hydrogen-bond donors (Lipinski definition) is 1. The lowest BCUT2D eigenvalue weighted by Crippen LogP contribution is -2.29. The lowest BCUT2D eigenvalue weighted by atomic mass is 10.0. The SMILES string of the molecule is CCC(CC)CN(CC)Cc1nc(NC)c2ccsc2n1. The molecule has 1 N–H and O–H groups in total. The van der Waals surface area contributed by atoms with Crippen LogP contribution in [0.25, 0.3) is 10.2 Å². The summed E-state index contributed by atoms with van der Waals surface area (Å²) in [6.07, 6.45) is 2.47. The average molecular weight is 306 g/mol. The van der Waals surface area contributed by atoms with E-state index in [1.165, 1.54) is 12.8 Å². The van der Waals surface area contributed by atoms with Gasteiger partial charge in [-0.05, 0) is 23.9 Å². The first kappa shape index (κ1) is 16.2. The maximum Gasteiger partial charge on any atom is 0.146 e. The van der Waals surface area contributed by atoms with Crippen LogP contribution in [0.4, 0.5) is 5.82 Å². The Balaban J connectivity index is 2.16. The van der Waals surface area contributed by atoms with E-state index in [1.54, 1.807) is 11.3 Å². The van der Waals surface area contributed by atoms with E-state index in [4.69, 9.17) is 4.98 Å². The molecule has 0 bridgehead atoms. The maximum atomic E-state index is 4.72. The van der Waals surface area contributed by atoms with Gasteiger partial charge in [-0.15, -0.1) is 11.3 Å². The molecule has 0 aliphatic rings. The molecule has 2 heterocycles. The van der Waals surface area contributed by atoms with Crippen molar-refractivity contribution in [3.63, 3.8) is 0 Å². The molecule has 2 aromatic rings. The molecular formula is C16H26N4S. The third kappa shape index (κ3) is 3.92. The van der Waals surface area contributed by atoms with Gasteiger partial charge in [0, 0.05) is 13.6 Å². The van der Waals surface area contributed by atoms with Crippen LogP contribution in [-0.2, 0) is 6.54 Å². The van der Waals surface area contributed by atoms with Crippen LogP contribution in [0.3, 0.4) is 0 Å². The van der Waals surface area contributed by atoms with Gasteiger partial charge in [0.25, 0.3) is 0 Å². The van der Waals surface area contributed by atoms with Crippen molar-refractivity contribution in [2.24, 2.45) is 5.92 Å². The second kappa shape index (κ2) is 7.71. The number of rotatable bonds is 8. The van der Waals surface area contributed by atoms with Crippen LogP contribution >= 0.6 is 11.3 Å². The number of anilines is 1. The molecule has 2 aromatic heterocycles. The summed E-state index contributed by atoms with van der Waals surface area (Å²) in [6.45, 7) is 9.76. The molecule has 0 aliphatic carbocycles. The van der Waals surface area contributed by atoms with Gasteiger partial charge in [0.1, 0.15) is 16.5 Å². The fraction of sp³-hybridized carbons (Fsp3) is 0.625. The zero-order valence-corrected chi connectivity index (χ0v) is 14.3. The summed E-state index contributed by atoms with van der Waals surface area (Å²) in [5.41, 5.74) is 0. The van der Waals surface area contributed by atoms with Crippen molar-refractivity contribution >= 4 is 27.4 Å². The first-order valence-electron chi connectivity index (χ1n) is 7.85. The molecule has 5 heteroatoms. The van der Waals surface area contributed by atoms with E-state index in [2.05, 4.69) is 47.4 Å². The predicted molar refractivity (Wildman–Crippen MR) is 92.0 cm³/mol. The molecule has 0 atom stereocenters. The quantitative estimate of drug-likeness (QED) is 0.800. The molecular weight excluding hydrogens is 280 g/mol. The maximum absolute atomic E-state index is 4.72. The van der Waals surface area contributed by atoms with Crippen molar-refractivity contribution in [1.82, 2.24) is 14.9 Å². The predicted octanol–water partition coefficient (Wildman–Crippen LogP) is 3.99. The molecule has 21 heavy (non-hydrogen) atoms. The van der Waals surface area contributed by atoms with Gasteiger partial charge in [0.15, 0.2) is 0 Å². The highest BCUT2D eigenvalue weighted by atomic mass is 32.1. The van der Waals surface area contributed by atoms with Crippen LogP contribution < -0.4 is 5.32 Å². The summed E-state index contributed by atoms with van der Waals surface area (Å²) in [5, 5.41) is 6.38. The lowest BCUT2D eigenvalue weighted by Gasteiger charge is -2.24. The fourth-order valence-electron chi connectivity index (χ4n) is 2.58. The van der Waals surface area contributed by atoms with Crippen LogP contribution in [0.15, 0.2) is 11.4 Å². The van der Waals surface area contributed by atoms with Gasteiger partial charge in [-0.2, -0.15) is 0 Å². The minimum absolute atomic E-state index is 0.763. The van der Waals surface area contributed by atoms with Gasteiger partial charge in [0.2, 0.25) is 0 Å². The first-order chi connectivity index (χ1) is 10.2. The van der Waals surface area contributed by atoms with Crippen molar-refractivity contribution in [3.8, 4) is 0 Å². The van der Waals surface area contributed by atoms with Gasteiger partial charge in [-0.25, -0.2) is 9.97 Å². The highest BCUT2D eigenvalue weighted by Gasteiger charge is 2.14. The second-order valence-electron chi connectivity index (χ2n) is 5.39. The molecule has 4 nitrogen and oxygen atoms in total. The second-order valence-corrected chi connectivity index (χ2v) is 6.28. The van der Waals surface area contributed by atoms with Crippen LogP contribution in [0.2, 0.25) is 0 Å². The minimum Gasteiger partial charge on any atom is -0.372 e. The van der Waals surface area contributed by atoms with Crippen LogP contribution in [0.1, 0.15) is 39.4 Å². The largest absolute Gasteiger partial charge is 0.372 e. The fourth-order valence-corrected chi connectivity index (χ4v) is 3.36. The highest BCUT2D eigenvalue weighted by Crippen LogP contribution is 2.25. The summed E-state index contributed by atoms with van der Waals surface area (Å²) in [6, 6.07) is 2.08. The normalized spacial score (nSPS) is 11.7. The summed E-state index contributed by atoms with van der Waals surface area (Å²) in [4.78, 5) is 12.9. The lowest BCUT2D eigenvalue weighted by molar-refractivity contribution is 0.222. The average Bonchev–Trinajstić information content (AvgIpc) is 2.98. The van der Waals surface area contributed by atoms with Crippen molar-refractivity contribution in [2.75, 3.05) is 25.5 Å². The molecule has 0 aromatic carbocycles. The number of aromatic nitrogens is 2. The Morgan fingerprint density at radius 3 is 2.62 bits per heavy atom. The molecule has 0 spiro atoms. The molecule has 0 aliphatic heterocycles. The summed E-state index contributed by atoms with van der Waals surface area (Å²) in [7, 11) is 1.92. The highest BCUT2D eigenvalue weighted by molar-refractivity contribution is 7.16. The number of thiophene rings is 1. The van der Waals surface area contributed by atoms with E-state index in [-0.39, 0.29) is 0 Å². The van der Waals surface area contributed by atoms with Crippen molar-refractivity contribution < 1.29 is 0 Å². The van der Waals surface area contributed by atoms with E-state index in [0.717, 1.165) is 47.4 Å². The molecule has 0 radical (unpaired) electrons. The summed E-state index contributed by atoms with van der Waals surface area (Å²) < 4.78 is 0. The molecule has 0 fully saturated rings. The van der Waals surface area contributed by atoms with Crippen LogP contribution in [0, 0.1) is 5.92 Å².